The van der Waals surface area contributed by atoms with Crippen molar-refractivity contribution in [2.75, 3.05) is 5.73 Å². The fourth-order valence-electron chi connectivity index (χ4n) is 3.50. The first-order valence-electron chi connectivity index (χ1n) is 7.79. The first-order chi connectivity index (χ1) is 10.8. The van der Waals surface area contributed by atoms with Crippen LogP contribution in [0, 0.1) is 0 Å². The summed E-state index contributed by atoms with van der Waals surface area (Å²) in [6.45, 7) is 2.91. The number of hydrogen-bond donors (Lipinski definition) is 1. The number of rotatable bonds is 3. The van der Waals surface area contributed by atoms with Gasteiger partial charge in [-0.2, -0.15) is 14.8 Å². The van der Waals surface area contributed by atoms with E-state index in [1.54, 1.807) is 4.68 Å². The van der Waals surface area contributed by atoms with Gasteiger partial charge in [0.1, 0.15) is 11.8 Å². The Morgan fingerprint density at radius 3 is 2.77 bits per heavy atom. The van der Waals surface area contributed by atoms with Crippen molar-refractivity contribution >= 4 is 17.0 Å². The lowest BCUT2D eigenvalue weighted by Gasteiger charge is -2.13. The minimum absolute atomic E-state index is 0.348. The monoisotopic (exact) mass is 297 g/mol. The highest BCUT2D eigenvalue weighted by Crippen LogP contribution is 2.37. The van der Waals surface area contributed by atoms with Gasteiger partial charge in [0.05, 0.1) is 11.7 Å². The van der Waals surface area contributed by atoms with Gasteiger partial charge in [-0.15, -0.1) is 0 Å². The second-order valence-electron chi connectivity index (χ2n) is 5.76. The average molecular weight is 297 g/mol. The van der Waals surface area contributed by atoms with Crippen molar-refractivity contribution in [3.8, 4) is 5.95 Å². The molecule has 7 nitrogen and oxygen atoms in total. The van der Waals surface area contributed by atoms with Crippen molar-refractivity contribution in [1.29, 1.82) is 0 Å². The number of aromatic nitrogens is 6. The minimum Gasteiger partial charge on any atom is -0.368 e. The summed E-state index contributed by atoms with van der Waals surface area (Å²) in [5.41, 5.74) is 9.26. The average Bonchev–Trinajstić information content (AvgIpc) is 3.25. The number of hydrogen-bond acceptors (Lipinski definition) is 5. The van der Waals surface area contributed by atoms with E-state index in [2.05, 4.69) is 26.6 Å². The third kappa shape index (κ3) is 1.88. The third-order valence-corrected chi connectivity index (χ3v) is 4.53. The Balaban J connectivity index is 1.97. The number of fused-ring (bicyclic) bond motifs is 1. The number of pyridine rings is 1. The SMILES string of the molecule is CCn1c(-n2ncnc2N)nc2cncc(C3CCCC3)c21. The molecule has 22 heavy (non-hydrogen) atoms. The van der Waals surface area contributed by atoms with Crippen LogP contribution < -0.4 is 5.73 Å². The number of imidazole rings is 1. The van der Waals surface area contributed by atoms with Crippen molar-refractivity contribution < 1.29 is 0 Å². The Morgan fingerprint density at radius 2 is 2.09 bits per heavy atom. The molecule has 1 aliphatic rings. The van der Waals surface area contributed by atoms with Gasteiger partial charge in [-0.1, -0.05) is 12.8 Å². The van der Waals surface area contributed by atoms with E-state index in [4.69, 9.17) is 10.7 Å². The summed E-state index contributed by atoms with van der Waals surface area (Å²) in [5.74, 6) is 1.64. The van der Waals surface area contributed by atoms with E-state index in [1.807, 2.05) is 12.4 Å². The van der Waals surface area contributed by atoms with Crippen LogP contribution in [-0.2, 0) is 6.54 Å². The Bertz CT molecular complexity index is 811. The highest BCUT2D eigenvalue weighted by molar-refractivity contribution is 5.80. The summed E-state index contributed by atoms with van der Waals surface area (Å²) in [6, 6.07) is 0. The molecule has 0 bridgehead atoms. The maximum absolute atomic E-state index is 5.90. The van der Waals surface area contributed by atoms with Crippen LogP contribution >= 0.6 is 0 Å². The van der Waals surface area contributed by atoms with E-state index >= 15 is 0 Å². The van der Waals surface area contributed by atoms with Gasteiger partial charge in [0, 0.05) is 12.7 Å². The number of nitrogen functional groups attached to an aromatic ring is 1. The van der Waals surface area contributed by atoms with Crippen molar-refractivity contribution in [2.24, 2.45) is 0 Å². The Hall–Kier alpha value is -2.44. The Morgan fingerprint density at radius 1 is 1.27 bits per heavy atom. The maximum Gasteiger partial charge on any atom is 0.235 e. The zero-order chi connectivity index (χ0) is 15.1. The smallest absolute Gasteiger partial charge is 0.235 e. The number of anilines is 1. The predicted molar refractivity (Wildman–Crippen MR) is 83.7 cm³/mol. The van der Waals surface area contributed by atoms with Crippen LogP contribution in [0.25, 0.3) is 17.0 Å². The van der Waals surface area contributed by atoms with Crippen molar-refractivity contribution in [2.45, 2.75) is 45.1 Å². The molecular formula is C15H19N7. The first-order valence-corrected chi connectivity index (χ1v) is 7.79. The largest absolute Gasteiger partial charge is 0.368 e. The molecule has 3 aromatic heterocycles. The van der Waals surface area contributed by atoms with Crippen LogP contribution in [0.2, 0.25) is 0 Å². The molecule has 3 heterocycles. The predicted octanol–water partition coefficient (Wildman–Crippen LogP) is 2.27. The third-order valence-electron chi connectivity index (χ3n) is 4.53. The molecule has 0 aromatic carbocycles. The van der Waals surface area contributed by atoms with E-state index in [9.17, 15) is 0 Å². The van der Waals surface area contributed by atoms with E-state index in [1.165, 1.54) is 37.6 Å². The van der Waals surface area contributed by atoms with Gasteiger partial charge in [-0.3, -0.25) is 4.98 Å². The maximum atomic E-state index is 5.90. The molecule has 7 heteroatoms. The number of aryl methyl sites for hydroxylation is 1. The van der Waals surface area contributed by atoms with E-state index < -0.39 is 0 Å². The molecular weight excluding hydrogens is 278 g/mol. The van der Waals surface area contributed by atoms with Crippen LogP contribution in [0.15, 0.2) is 18.7 Å². The molecule has 0 amide bonds. The molecule has 0 unspecified atom stereocenters. The second-order valence-corrected chi connectivity index (χ2v) is 5.76. The highest BCUT2D eigenvalue weighted by Gasteiger charge is 2.24. The van der Waals surface area contributed by atoms with Gasteiger partial charge in [0.15, 0.2) is 0 Å². The van der Waals surface area contributed by atoms with Crippen LogP contribution in [-0.4, -0.2) is 29.3 Å². The lowest BCUT2D eigenvalue weighted by molar-refractivity contribution is 0.687. The summed E-state index contributed by atoms with van der Waals surface area (Å²) < 4.78 is 3.75. The molecule has 0 aliphatic heterocycles. The Kier molecular flexibility index (Phi) is 3.06. The molecule has 0 saturated heterocycles. The fraction of sp³-hybridized carbons (Fsp3) is 0.467. The summed E-state index contributed by atoms with van der Waals surface area (Å²) in [6.07, 6.45) is 10.3. The molecule has 0 atom stereocenters. The molecule has 1 saturated carbocycles. The van der Waals surface area contributed by atoms with Crippen molar-refractivity contribution in [1.82, 2.24) is 29.3 Å². The zero-order valence-corrected chi connectivity index (χ0v) is 12.6. The van der Waals surface area contributed by atoms with E-state index in [0.29, 0.717) is 17.8 Å². The van der Waals surface area contributed by atoms with Crippen LogP contribution in [0.3, 0.4) is 0 Å². The Labute approximate surface area is 128 Å². The summed E-state index contributed by atoms with van der Waals surface area (Å²) in [4.78, 5) is 13.1. The van der Waals surface area contributed by atoms with Crippen LogP contribution in [0.4, 0.5) is 5.95 Å². The van der Waals surface area contributed by atoms with E-state index in [-0.39, 0.29) is 0 Å². The zero-order valence-electron chi connectivity index (χ0n) is 12.6. The molecule has 1 aliphatic carbocycles. The standard InChI is InChI=1S/C15H19N7/c1-2-21-13-11(10-5-3-4-6-10)7-17-8-12(13)20-15(21)22-14(16)18-9-19-22/h7-10H,2-6H2,1H3,(H2,16,18,19). The summed E-state index contributed by atoms with van der Waals surface area (Å²) in [5, 5.41) is 4.19. The molecule has 1 fully saturated rings. The summed E-state index contributed by atoms with van der Waals surface area (Å²) >= 11 is 0. The van der Waals surface area contributed by atoms with Crippen LogP contribution in [0.1, 0.15) is 44.1 Å². The van der Waals surface area contributed by atoms with Crippen LogP contribution in [0.5, 0.6) is 0 Å². The van der Waals surface area contributed by atoms with Crippen molar-refractivity contribution in [3.05, 3.63) is 24.3 Å². The minimum atomic E-state index is 0.348. The highest BCUT2D eigenvalue weighted by atomic mass is 15.4. The topological polar surface area (TPSA) is 87.4 Å². The molecule has 2 N–H and O–H groups in total. The first kappa shape index (κ1) is 13.2. The lowest BCUT2D eigenvalue weighted by Crippen LogP contribution is -2.11. The molecule has 0 radical (unpaired) electrons. The van der Waals surface area contributed by atoms with Gasteiger partial charge in [0.25, 0.3) is 0 Å². The molecule has 0 spiro atoms. The van der Waals surface area contributed by atoms with E-state index in [0.717, 1.165) is 17.6 Å². The van der Waals surface area contributed by atoms with Gasteiger partial charge >= 0.3 is 0 Å². The normalized spacial score (nSPS) is 15.9. The fourth-order valence-corrected chi connectivity index (χ4v) is 3.50. The number of nitrogens with zero attached hydrogens (tertiary/aromatic N) is 6. The van der Waals surface area contributed by atoms with Gasteiger partial charge in [-0.05, 0) is 31.2 Å². The van der Waals surface area contributed by atoms with Gasteiger partial charge < -0.3 is 10.3 Å². The molecule has 3 aromatic rings. The van der Waals surface area contributed by atoms with Gasteiger partial charge in [0.2, 0.25) is 11.9 Å². The summed E-state index contributed by atoms with van der Waals surface area (Å²) in [7, 11) is 0. The lowest BCUT2D eigenvalue weighted by atomic mass is 9.98. The van der Waals surface area contributed by atoms with Crippen molar-refractivity contribution in [3.63, 3.8) is 0 Å². The second kappa shape index (κ2) is 5.08. The molecule has 114 valence electrons. The molecule has 4 rings (SSSR count). The quantitative estimate of drug-likeness (QED) is 0.801. The number of nitrogens with two attached hydrogens (primary N) is 1. The van der Waals surface area contributed by atoms with Gasteiger partial charge in [-0.25, -0.2) is 4.98 Å².